The van der Waals surface area contributed by atoms with E-state index in [0.717, 1.165) is 52.4 Å². The molecule has 7 nitrogen and oxygen atoms in total. The number of hydrogen-bond donors (Lipinski definition) is 7. The molecule has 0 spiro atoms. The van der Waals surface area contributed by atoms with Crippen LogP contribution in [0.1, 0.15) is 44.9 Å². The predicted octanol–water partition coefficient (Wildman–Crippen LogP) is -0.394. The molecule has 0 amide bonds. The molecule has 1 saturated heterocycles. The Morgan fingerprint density at radius 1 is 0.714 bits per heavy atom. The van der Waals surface area contributed by atoms with Gasteiger partial charge < -0.3 is 37.2 Å². The maximum atomic E-state index is 3.93. The Balaban J connectivity index is 1.91. The molecule has 0 bridgehead atoms. The number of hydrogen-bond acceptors (Lipinski definition) is 7. The molecule has 0 aromatic rings. The van der Waals surface area contributed by atoms with Crippen LogP contribution in [0.25, 0.3) is 0 Å². The lowest BCUT2D eigenvalue weighted by Crippen LogP contribution is -2.54. The van der Waals surface area contributed by atoms with Gasteiger partial charge in [-0.2, -0.15) is 0 Å². The molecule has 2 aliphatic rings. The zero-order valence-corrected chi connectivity index (χ0v) is 18.4. The summed E-state index contributed by atoms with van der Waals surface area (Å²) in [5.41, 5.74) is 0. The summed E-state index contributed by atoms with van der Waals surface area (Å²) in [4.78, 5) is 0. The molecule has 0 radical (unpaired) electrons. The predicted molar refractivity (Wildman–Crippen MR) is 120 cm³/mol. The summed E-state index contributed by atoms with van der Waals surface area (Å²) in [6.07, 6.45) is 9.12. The van der Waals surface area contributed by atoms with Gasteiger partial charge in [-0.15, -0.1) is 0 Å². The SMILES string of the molecule is CNCCCCC1CNC2CCCCC2NCCNCCN[C@@H](CNC)CN1. The minimum absolute atomic E-state index is 0.470. The maximum absolute atomic E-state index is 3.93. The Hall–Kier alpha value is -0.280. The Bertz CT molecular complexity index is 369. The van der Waals surface area contributed by atoms with Gasteiger partial charge in [0.25, 0.3) is 0 Å². The molecule has 7 N–H and O–H groups in total. The van der Waals surface area contributed by atoms with Crippen molar-refractivity contribution in [1.29, 1.82) is 0 Å². The number of nitrogens with one attached hydrogen (secondary N) is 7. The van der Waals surface area contributed by atoms with Gasteiger partial charge in [-0.25, -0.2) is 0 Å². The molecular weight excluding hydrogens is 350 g/mol. The average molecular weight is 398 g/mol. The number of unbranched alkanes of at least 4 members (excludes halogenated alkanes) is 1. The van der Waals surface area contributed by atoms with Gasteiger partial charge in [-0.3, -0.25) is 0 Å². The average Bonchev–Trinajstić information content (AvgIpc) is 2.72. The van der Waals surface area contributed by atoms with Gasteiger partial charge in [0.1, 0.15) is 0 Å². The molecule has 0 aromatic heterocycles. The second-order valence-corrected chi connectivity index (χ2v) is 8.52. The largest absolute Gasteiger partial charge is 0.320 e. The van der Waals surface area contributed by atoms with Gasteiger partial charge in [0.2, 0.25) is 0 Å². The van der Waals surface area contributed by atoms with Crippen molar-refractivity contribution in [2.45, 2.75) is 69.1 Å². The Labute approximate surface area is 173 Å². The normalized spacial score (nSPS) is 31.5. The van der Waals surface area contributed by atoms with E-state index in [-0.39, 0.29) is 0 Å². The van der Waals surface area contributed by atoms with Gasteiger partial charge >= 0.3 is 0 Å². The Morgan fingerprint density at radius 3 is 2.18 bits per heavy atom. The third-order valence-corrected chi connectivity index (χ3v) is 6.17. The van der Waals surface area contributed by atoms with Crippen LogP contribution < -0.4 is 37.2 Å². The highest BCUT2D eigenvalue weighted by Gasteiger charge is 2.25. The molecule has 1 saturated carbocycles. The minimum Gasteiger partial charge on any atom is -0.320 e. The summed E-state index contributed by atoms with van der Waals surface area (Å²) in [6, 6.07) is 2.26. The molecule has 7 heteroatoms. The zero-order chi connectivity index (χ0) is 19.9. The van der Waals surface area contributed by atoms with Crippen LogP contribution in [0.2, 0.25) is 0 Å². The molecule has 1 aliphatic heterocycles. The van der Waals surface area contributed by atoms with E-state index in [0.29, 0.717) is 24.2 Å². The van der Waals surface area contributed by atoms with Gasteiger partial charge in [-0.05, 0) is 46.3 Å². The van der Waals surface area contributed by atoms with E-state index in [4.69, 9.17) is 0 Å². The van der Waals surface area contributed by atoms with E-state index in [1.807, 2.05) is 14.1 Å². The molecule has 166 valence electrons. The lowest BCUT2D eigenvalue weighted by atomic mass is 9.90. The third kappa shape index (κ3) is 9.96. The molecule has 0 aromatic carbocycles. The van der Waals surface area contributed by atoms with Crippen molar-refractivity contribution < 1.29 is 0 Å². The smallest absolute Gasteiger partial charge is 0.0318 e. The van der Waals surface area contributed by atoms with Crippen molar-refractivity contribution >= 4 is 0 Å². The fourth-order valence-electron chi connectivity index (χ4n) is 4.49. The second-order valence-electron chi connectivity index (χ2n) is 8.52. The Kier molecular flexibility index (Phi) is 13.3. The fourth-order valence-corrected chi connectivity index (χ4v) is 4.49. The van der Waals surface area contributed by atoms with Crippen LogP contribution in [0.15, 0.2) is 0 Å². The van der Waals surface area contributed by atoms with Crippen molar-refractivity contribution in [2.24, 2.45) is 0 Å². The summed E-state index contributed by atoms with van der Waals surface area (Å²) in [5.74, 6) is 0. The van der Waals surface area contributed by atoms with Crippen molar-refractivity contribution in [3.63, 3.8) is 0 Å². The molecule has 1 heterocycles. The minimum atomic E-state index is 0.470. The first-order valence-corrected chi connectivity index (χ1v) is 11.8. The van der Waals surface area contributed by atoms with E-state index >= 15 is 0 Å². The summed E-state index contributed by atoms with van der Waals surface area (Å²) in [7, 11) is 4.09. The highest BCUT2D eigenvalue weighted by Crippen LogP contribution is 2.18. The van der Waals surface area contributed by atoms with E-state index < -0.39 is 0 Å². The Morgan fingerprint density at radius 2 is 1.43 bits per heavy atom. The molecule has 28 heavy (non-hydrogen) atoms. The highest BCUT2D eigenvalue weighted by molar-refractivity contribution is 4.88. The van der Waals surface area contributed by atoms with Crippen molar-refractivity contribution in [2.75, 3.05) is 66.5 Å². The number of rotatable bonds is 7. The van der Waals surface area contributed by atoms with Gasteiger partial charge in [-0.1, -0.05) is 19.3 Å². The third-order valence-electron chi connectivity index (χ3n) is 6.17. The first-order chi connectivity index (χ1) is 13.8. The summed E-state index contributed by atoms with van der Waals surface area (Å²) < 4.78 is 0. The van der Waals surface area contributed by atoms with Gasteiger partial charge in [0, 0.05) is 70.0 Å². The van der Waals surface area contributed by atoms with Crippen LogP contribution >= 0.6 is 0 Å². The van der Waals surface area contributed by atoms with Crippen LogP contribution in [-0.2, 0) is 0 Å². The number of fused-ring (bicyclic) bond motifs is 1. The second kappa shape index (κ2) is 15.5. The van der Waals surface area contributed by atoms with Gasteiger partial charge in [0.15, 0.2) is 0 Å². The summed E-state index contributed by atoms with van der Waals surface area (Å²) in [5, 5.41) is 25.5. The lowest BCUT2D eigenvalue weighted by Gasteiger charge is -2.34. The topological polar surface area (TPSA) is 84.2 Å². The van der Waals surface area contributed by atoms with Crippen molar-refractivity contribution in [1.82, 2.24) is 37.2 Å². The molecule has 2 fully saturated rings. The summed E-state index contributed by atoms with van der Waals surface area (Å²) >= 11 is 0. The summed E-state index contributed by atoms with van der Waals surface area (Å²) in [6.45, 7) is 8.37. The van der Waals surface area contributed by atoms with Gasteiger partial charge in [0.05, 0.1) is 0 Å². The van der Waals surface area contributed by atoms with E-state index in [2.05, 4.69) is 37.2 Å². The maximum Gasteiger partial charge on any atom is 0.0318 e. The molecule has 2 rings (SSSR count). The van der Waals surface area contributed by atoms with Crippen molar-refractivity contribution in [3.8, 4) is 0 Å². The van der Waals surface area contributed by atoms with E-state index in [1.54, 1.807) is 0 Å². The molecule has 4 atom stereocenters. The van der Waals surface area contributed by atoms with Crippen LogP contribution in [0, 0.1) is 0 Å². The monoisotopic (exact) mass is 397 g/mol. The first-order valence-electron chi connectivity index (χ1n) is 11.8. The first kappa shape index (κ1) is 24.0. The fraction of sp³-hybridized carbons (Fsp3) is 1.00. The molecule has 1 aliphatic carbocycles. The van der Waals surface area contributed by atoms with Crippen LogP contribution in [0.4, 0.5) is 0 Å². The van der Waals surface area contributed by atoms with Crippen molar-refractivity contribution in [3.05, 3.63) is 0 Å². The quantitative estimate of drug-likeness (QED) is 0.295. The molecular formula is C21H47N7. The van der Waals surface area contributed by atoms with Crippen LogP contribution in [-0.4, -0.2) is 90.6 Å². The number of likely N-dealkylation sites (N-methyl/N-ethyl adjacent to an activating group) is 1. The highest BCUT2D eigenvalue weighted by atomic mass is 15.1. The lowest BCUT2D eigenvalue weighted by molar-refractivity contribution is 0.272. The van der Waals surface area contributed by atoms with E-state index in [1.165, 1.54) is 44.9 Å². The zero-order valence-electron chi connectivity index (χ0n) is 18.4. The standard InChI is InChI=1S/C21H47N7/c1-22-10-6-5-7-18-16-28-21-9-4-3-8-20(21)26-14-12-24-11-13-25-19(15-23-2)17-27-18/h18-28H,3-17H2,1-2H3/t18?,19-,20?,21?/m0/s1. The van der Waals surface area contributed by atoms with Crippen LogP contribution in [0.5, 0.6) is 0 Å². The molecule has 3 unspecified atom stereocenters. The van der Waals surface area contributed by atoms with Crippen LogP contribution in [0.3, 0.4) is 0 Å². The van der Waals surface area contributed by atoms with E-state index in [9.17, 15) is 0 Å².